The molecule has 0 bridgehead atoms. The predicted octanol–water partition coefficient (Wildman–Crippen LogP) is 7.58. The number of nitrogens with two attached hydrogens (primary N) is 1. The van der Waals surface area contributed by atoms with Crippen LogP contribution < -0.4 is 15.9 Å². The first-order chi connectivity index (χ1) is 21.1. The van der Waals surface area contributed by atoms with Gasteiger partial charge in [-0.3, -0.25) is 4.79 Å². The molecule has 5 aromatic rings. The zero-order valence-electron chi connectivity index (χ0n) is 24.8. The van der Waals surface area contributed by atoms with Crippen molar-refractivity contribution < 1.29 is 4.79 Å². The van der Waals surface area contributed by atoms with Crippen LogP contribution >= 0.6 is 11.3 Å². The number of nitrogens with one attached hydrogen (secondary N) is 1. The van der Waals surface area contributed by atoms with Crippen LogP contribution in [0.4, 0.5) is 5.69 Å². The average molecular weight is 589 g/mol. The van der Waals surface area contributed by atoms with Gasteiger partial charge in [0.2, 0.25) is 5.91 Å². The number of carbonyl (C=O) groups excluding carboxylic acids is 1. The van der Waals surface area contributed by atoms with Gasteiger partial charge in [0, 0.05) is 18.3 Å². The molecule has 5 nitrogen and oxygen atoms in total. The van der Waals surface area contributed by atoms with Gasteiger partial charge in [0.05, 0.1) is 11.4 Å². The van der Waals surface area contributed by atoms with Crippen molar-refractivity contribution in [3.8, 4) is 11.3 Å². The molecule has 6 rings (SSSR count). The molecular formula is C37H40N4OS. The first kappa shape index (κ1) is 29.1. The fourth-order valence-electron chi connectivity index (χ4n) is 6.37. The van der Waals surface area contributed by atoms with Gasteiger partial charge in [0.15, 0.2) is 4.80 Å². The van der Waals surface area contributed by atoms with Crippen LogP contribution in [-0.2, 0) is 11.2 Å². The average Bonchev–Trinajstić information content (AvgIpc) is 3.45. The summed E-state index contributed by atoms with van der Waals surface area (Å²) in [6.07, 6.45) is 5.17. The van der Waals surface area contributed by atoms with Gasteiger partial charge in [-0.1, -0.05) is 85.3 Å². The predicted molar refractivity (Wildman–Crippen MR) is 178 cm³/mol. The van der Waals surface area contributed by atoms with Crippen molar-refractivity contribution in [3.05, 3.63) is 118 Å². The van der Waals surface area contributed by atoms with Gasteiger partial charge >= 0.3 is 0 Å². The van der Waals surface area contributed by atoms with Crippen molar-refractivity contribution in [2.24, 2.45) is 22.6 Å². The topological polar surface area (TPSA) is 72.4 Å². The number of benzene rings is 4. The summed E-state index contributed by atoms with van der Waals surface area (Å²) in [5, 5.41) is 7.89. The second kappa shape index (κ2) is 13.5. The van der Waals surface area contributed by atoms with E-state index in [-0.39, 0.29) is 5.91 Å². The Balaban J connectivity index is 1.44. The maximum absolute atomic E-state index is 14.3. The van der Waals surface area contributed by atoms with E-state index in [0.29, 0.717) is 24.8 Å². The Morgan fingerprint density at radius 3 is 2.56 bits per heavy atom. The van der Waals surface area contributed by atoms with Crippen molar-refractivity contribution in [2.45, 2.75) is 45.1 Å². The van der Waals surface area contributed by atoms with Crippen LogP contribution in [0.3, 0.4) is 0 Å². The lowest BCUT2D eigenvalue weighted by Gasteiger charge is -2.29. The summed E-state index contributed by atoms with van der Waals surface area (Å²) >= 11 is 1.59. The standard InChI is InChI=1S/C37H40N4OS/c1-26-9-7-16-33(19-26)40-37-41(35(25-43-37)32-18-17-30-14-5-6-15-31(30)22-32)34(21-27-10-3-2-4-11-27)36(42)39-24-29-13-8-12-28(20-29)23-38/h2-7,9-11,14-19,22,25,28-29,34H,8,12-13,20-21,23-24,38H2,1H3,(H,39,42)/t28?,29?,34-/m1/s1. The van der Waals surface area contributed by atoms with E-state index in [1.54, 1.807) is 11.3 Å². The lowest BCUT2D eigenvalue weighted by Crippen LogP contribution is -2.40. The minimum atomic E-state index is -0.465. The Kier molecular flexibility index (Phi) is 9.16. The SMILES string of the molecule is Cc1cccc(N=c2scc(-c3ccc4ccccc4c3)n2[C@H](Cc2ccccc2)C(=O)NCC2CCCC(CN)C2)c1. The van der Waals surface area contributed by atoms with E-state index >= 15 is 0 Å². The summed E-state index contributed by atoms with van der Waals surface area (Å²) in [7, 11) is 0. The minimum absolute atomic E-state index is 0.0323. The Labute approximate surface area is 258 Å². The van der Waals surface area contributed by atoms with Crippen molar-refractivity contribution >= 4 is 33.7 Å². The molecule has 1 fully saturated rings. The highest BCUT2D eigenvalue weighted by molar-refractivity contribution is 7.07. The Morgan fingerprint density at radius 1 is 0.953 bits per heavy atom. The van der Waals surface area contributed by atoms with Crippen LogP contribution in [0.15, 0.2) is 107 Å². The summed E-state index contributed by atoms with van der Waals surface area (Å²) in [5.74, 6) is 1.05. The van der Waals surface area contributed by atoms with E-state index in [0.717, 1.165) is 52.3 Å². The molecule has 4 aromatic carbocycles. The summed E-state index contributed by atoms with van der Waals surface area (Å²) in [4.78, 5) is 20.2. The maximum Gasteiger partial charge on any atom is 0.243 e. The highest BCUT2D eigenvalue weighted by Gasteiger charge is 2.27. The van der Waals surface area contributed by atoms with Crippen molar-refractivity contribution in [1.29, 1.82) is 0 Å². The van der Waals surface area contributed by atoms with E-state index in [1.807, 2.05) is 30.3 Å². The molecule has 220 valence electrons. The van der Waals surface area contributed by atoms with Crippen molar-refractivity contribution in [2.75, 3.05) is 13.1 Å². The molecule has 1 aromatic heterocycles. The summed E-state index contributed by atoms with van der Waals surface area (Å²) < 4.78 is 2.17. The largest absolute Gasteiger partial charge is 0.354 e. The fraction of sp³-hybridized carbons (Fsp3) is 0.297. The molecule has 43 heavy (non-hydrogen) atoms. The third-order valence-corrected chi connectivity index (χ3v) is 9.53. The minimum Gasteiger partial charge on any atom is -0.354 e. The molecule has 0 saturated heterocycles. The number of aromatic nitrogens is 1. The van der Waals surface area contributed by atoms with E-state index in [2.05, 4.69) is 88.9 Å². The molecule has 1 amide bonds. The quantitative estimate of drug-likeness (QED) is 0.186. The fourth-order valence-corrected chi connectivity index (χ4v) is 7.34. The van der Waals surface area contributed by atoms with Crippen LogP contribution in [0.5, 0.6) is 0 Å². The van der Waals surface area contributed by atoms with Crippen molar-refractivity contribution in [1.82, 2.24) is 9.88 Å². The van der Waals surface area contributed by atoms with Gasteiger partial charge in [0.25, 0.3) is 0 Å². The number of carbonyl (C=O) groups is 1. The van der Waals surface area contributed by atoms with Crippen molar-refractivity contribution in [3.63, 3.8) is 0 Å². The number of hydrogen-bond donors (Lipinski definition) is 2. The van der Waals surface area contributed by atoms with E-state index in [4.69, 9.17) is 10.7 Å². The molecule has 0 spiro atoms. The van der Waals surface area contributed by atoms with E-state index in [1.165, 1.54) is 23.6 Å². The zero-order chi connectivity index (χ0) is 29.6. The molecule has 0 radical (unpaired) electrons. The van der Waals surface area contributed by atoms with Crippen LogP contribution in [0.2, 0.25) is 0 Å². The zero-order valence-corrected chi connectivity index (χ0v) is 25.6. The first-order valence-corrected chi connectivity index (χ1v) is 16.3. The molecule has 3 atom stereocenters. The van der Waals surface area contributed by atoms with Gasteiger partial charge in [-0.2, -0.15) is 0 Å². The summed E-state index contributed by atoms with van der Waals surface area (Å²) in [5.41, 5.74) is 11.2. The van der Waals surface area contributed by atoms with Crippen LogP contribution in [0.1, 0.15) is 42.9 Å². The Morgan fingerprint density at radius 2 is 1.74 bits per heavy atom. The Bertz CT molecular complexity index is 1760. The van der Waals surface area contributed by atoms with Gasteiger partial charge in [-0.25, -0.2) is 4.99 Å². The molecular weight excluding hydrogens is 549 g/mol. The monoisotopic (exact) mass is 588 g/mol. The third kappa shape index (κ3) is 6.98. The number of nitrogens with zero attached hydrogens (tertiary/aromatic N) is 2. The number of rotatable bonds is 9. The van der Waals surface area contributed by atoms with Crippen LogP contribution in [0, 0.1) is 18.8 Å². The van der Waals surface area contributed by atoms with Crippen LogP contribution in [0.25, 0.3) is 22.0 Å². The van der Waals surface area contributed by atoms with Gasteiger partial charge in [0.1, 0.15) is 6.04 Å². The molecule has 0 aliphatic heterocycles. The number of thiazole rings is 1. The molecule has 6 heteroatoms. The second-order valence-corrected chi connectivity index (χ2v) is 12.7. The molecule has 1 aliphatic rings. The highest BCUT2D eigenvalue weighted by atomic mass is 32.1. The third-order valence-electron chi connectivity index (χ3n) is 8.69. The molecule has 1 heterocycles. The maximum atomic E-state index is 14.3. The lowest BCUT2D eigenvalue weighted by atomic mass is 9.81. The number of hydrogen-bond acceptors (Lipinski definition) is 4. The molecule has 3 N–H and O–H groups in total. The smallest absolute Gasteiger partial charge is 0.243 e. The summed E-state index contributed by atoms with van der Waals surface area (Å²) in [6, 6.07) is 33.0. The van der Waals surface area contributed by atoms with Crippen LogP contribution in [-0.4, -0.2) is 23.6 Å². The summed E-state index contributed by atoms with van der Waals surface area (Å²) in [6.45, 7) is 3.49. The molecule has 1 aliphatic carbocycles. The number of aryl methyl sites for hydroxylation is 1. The molecule has 2 unspecified atom stereocenters. The van der Waals surface area contributed by atoms with E-state index in [9.17, 15) is 4.79 Å². The second-order valence-electron chi connectivity index (χ2n) is 11.9. The van der Waals surface area contributed by atoms with Gasteiger partial charge < -0.3 is 15.6 Å². The lowest BCUT2D eigenvalue weighted by molar-refractivity contribution is -0.124. The number of fused-ring (bicyclic) bond motifs is 1. The van der Waals surface area contributed by atoms with Gasteiger partial charge in [-0.15, -0.1) is 11.3 Å². The number of amides is 1. The first-order valence-electron chi connectivity index (χ1n) is 15.4. The normalized spacial score (nSPS) is 18.0. The molecule has 1 saturated carbocycles. The Hall–Kier alpha value is -4.00. The van der Waals surface area contributed by atoms with E-state index < -0.39 is 6.04 Å². The highest BCUT2D eigenvalue weighted by Crippen LogP contribution is 2.30. The van der Waals surface area contributed by atoms with Gasteiger partial charge in [-0.05, 0) is 90.2 Å².